The second-order valence-corrected chi connectivity index (χ2v) is 12.1. The van der Waals surface area contributed by atoms with Crippen LogP contribution in [0.15, 0.2) is 176 Å². The maximum absolute atomic E-state index is 4.92. The van der Waals surface area contributed by atoms with Crippen LogP contribution in [-0.4, -0.2) is 15.0 Å². The predicted molar refractivity (Wildman–Crippen MR) is 200 cm³/mol. The molecule has 48 heavy (non-hydrogen) atoms. The van der Waals surface area contributed by atoms with Crippen molar-refractivity contribution in [1.29, 1.82) is 0 Å². The lowest BCUT2D eigenvalue weighted by molar-refractivity contribution is 1.07. The van der Waals surface area contributed by atoms with Crippen molar-refractivity contribution in [3.05, 3.63) is 176 Å². The first-order valence-corrected chi connectivity index (χ1v) is 16.2. The number of hydrogen-bond acceptors (Lipinski definition) is 3. The van der Waals surface area contributed by atoms with Gasteiger partial charge in [-0.05, 0) is 78.8 Å². The summed E-state index contributed by atoms with van der Waals surface area (Å²) in [7, 11) is 0. The molecule has 8 aromatic carbocycles. The van der Waals surface area contributed by atoms with Crippen molar-refractivity contribution in [3.63, 3.8) is 0 Å². The summed E-state index contributed by atoms with van der Waals surface area (Å²) in [5.74, 6) is 1.98. The minimum absolute atomic E-state index is 0.657. The Morgan fingerprint density at radius 2 is 0.646 bits per heavy atom. The van der Waals surface area contributed by atoms with Gasteiger partial charge in [0.1, 0.15) is 0 Å². The lowest BCUT2D eigenvalue weighted by Crippen LogP contribution is -2.00. The highest BCUT2D eigenvalue weighted by molar-refractivity contribution is 6.08. The highest BCUT2D eigenvalue weighted by Crippen LogP contribution is 2.34. The largest absolute Gasteiger partial charge is 0.208 e. The summed E-state index contributed by atoms with van der Waals surface area (Å²) in [6, 6.07) is 61.9. The van der Waals surface area contributed by atoms with E-state index in [1.165, 1.54) is 49.2 Å². The summed E-state index contributed by atoms with van der Waals surface area (Å²) >= 11 is 0. The zero-order chi connectivity index (χ0) is 31.9. The maximum atomic E-state index is 4.92. The highest BCUT2D eigenvalue weighted by Gasteiger charge is 2.13. The summed E-state index contributed by atoms with van der Waals surface area (Å²) in [6.45, 7) is 0. The molecule has 0 radical (unpaired) electrons. The van der Waals surface area contributed by atoms with Gasteiger partial charge in [-0.2, -0.15) is 0 Å². The molecule has 224 valence electrons. The van der Waals surface area contributed by atoms with Gasteiger partial charge in [0.25, 0.3) is 0 Å². The van der Waals surface area contributed by atoms with E-state index in [4.69, 9.17) is 15.0 Å². The van der Waals surface area contributed by atoms with Gasteiger partial charge >= 0.3 is 0 Å². The first kappa shape index (κ1) is 27.8. The maximum Gasteiger partial charge on any atom is 0.164 e. The molecule has 0 bridgehead atoms. The van der Waals surface area contributed by atoms with Crippen LogP contribution in [0.4, 0.5) is 0 Å². The van der Waals surface area contributed by atoms with Crippen molar-refractivity contribution in [3.8, 4) is 56.4 Å². The number of hydrogen-bond donors (Lipinski definition) is 0. The molecule has 0 amide bonds. The minimum atomic E-state index is 0.657. The molecule has 0 unspecified atom stereocenters. The van der Waals surface area contributed by atoms with Crippen LogP contribution in [0.3, 0.4) is 0 Å². The molecule has 1 aromatic heterocycles. The smallest absolute Gasteiger partial charge is 0.164 e. The molecule has 1 heterocycles. The molecule has 0 aliphatic heterocycles. The monoisotopic (exact) mass is 611 g/mol. The molecule has 3 heteroatoms. The summed E-state index contributed by atoms with van der Waals surface area (Å²) in [5, 5.41) is 7.40. The molecule has 0 saturated heterocycles. The Bertz CT molecular complexity index is 2550. The fourth-order valence-corrected chi connectivity index (χ4v) is 6.57. The molecule has 0 saturated carbocycles. The summed E-state index contributed by atoms with van der Waals surface area (Å²) in [4.78, 5) is 14.7. The molecule has 0 aliphatic carbocycles. The van der Waals surface area contributed by atoms with Crippen LogP contribution < -0.4 is 0 Å². The molecular weight excluding hydrogens is 583 g/mol. The van der Waals surface area contributed by atoms with E-state index in [0.717, 1.165) is 22.1 Å². The van der Waals surface area contributed by atoms with E-state index in [2.05, 4.69) is 115 Å². The normalized spacial score (nSPS) is 11.3. The van der Waals surface area contributed by atoms with Crippen molar-refractivity contribution < 1.29 is 0 Å². The van der Waals surface area contributed by atoms with E-state index in [1.807, 2.05) is 60.7 Å². The number of rotatable bonds is 5. The zero-order valence-corrected chi connectivity index (χ0v) is 26.1. The van der Waals surface area contributed by atoms with Crippen molar-refractivity contribution in [1.82, 2.24) is 15.0 Å². The molecule has 0 spiro atoms. The lowest BCUT2D eigenvalue weighted by Gasteiger charge is -2.11. The van der Waals surface area contributed by atoms with Gasteiger partial charge in [-0.1, -0.05) is 152 Å². The second-order valence-electron chi connectivity index (χ2n) is 12.1. The van der Waals surface area contributed by atoms with Gasteiger partial charge < -0.3 is 0 Å². The number of benzene rings is 8. The van der Waals surface area contributed by atoms with E-state index in [0.29, 0.717) is 17.5 Å². The predicted octanol–water partition coefficient (Wildman–Crippen LogP) is 11.7. The molecular formula is C45H29N3. The highest BCUT2D eigenvalue weighted by atomic mass is 15.0. The van der Waals surface area contributed by atoms with Gasteiger partial charge in [-0.3, -0.25) is 0 Å². The lowest BCUT2D eigenvalue weighted by atomic mass is 9.94. The van der Waals surface area contributed by atoms with Crippen LogP contribution in [0.2, 0.25) is 0 Å². The zero-order valence-electron chi connectivity index (χ0n) is 26.1. The third kappa shape index (κ3) is 5.18. The Labute approximate surface area is 278 Å². The fraction of sp³-hybridized carbons (Fsp3) is 0. The molecule has 3 nitrogen and oxygen atoms in total. The Kier molecular flexibility index (Phi) is 6.80. The average molecular weight is 612 g/mol. The Hall–Kier alpha value is -6.45. The third-order valence-electron chi connectivity index (χ3n) is 9.07. The van der Waals surface area contributed by atoms with Crippen LogP contribution in [0.5, 0.6) is 0 Å². The molecule has 0 N–H and O–H groups in total. The topological polar surface area (TPSA) is 38.7 Å². The average Bonchev–Trinajstić information content (AvgIpc) is 3.17. The second kappa shape index (κ2) is 11.7. The van der Waals surface area contributed by atoms with Crippen LogP contribution in [0.25, 0.3) is 88.7 Å². The first-order chi connectivity index (χ1) is 23.7. The van der Waals surface area contributed by atoms with Gasteiger partial charge in [0, 0.05) is 16.7 Å². The number of fused-ring (bicyclic) bond motifs is 4. The Balaban J connectivity index is 1.07. The number of aromatic nitrogens is 3. The van der Waals surface area contributed by atoms with Crippen molar-refractivity contribution in [2.45, 2.75) is 0 Å². The van der Waals surface area contributed by atoms with Crippen LogP contribution in [0.1, 0.15) is 0 Å². The van der Waals surface area contributed by atoms with Crippen molar-refractivity contribution in [2.24, 2.45) is 0 Å². The van der Waals surface area contributed by atoms with Crippen LogP contribution >= 0.6 is 0 Å². The summed E-state index contributed by atoms with van der Waals surface area (Å²) < 4.78 is 0. The van der Waals surface area contributed by atoms with E-state index in [9.17, 15) is 0 Å². The molecule has 0 atom stereocenters. The summed E-state index contributed by atoms with van der Waals surface area (Å²) in [6.07, 6.45) is 0. The summed E-state index contributed by atoms with van der Waals surface area (Å²) in [5.41, 5.74) is 7.67. The van der Waals surface area contributed by atoms with Gasteiger partial charge in [-0.25, -0.2) is 15.0 Å². The molecule has 9 aromatic rings. The molecule has 0 aliphatic rings. The third-order valence-corrected chi connectivity index (χ3v) is 9.07. The van der Waals surface area contributed by atoms with E-state index < -0.39 is 0 Å². The molecule has 9 rings (SSSR count). The standard InChI is InChI=1S/C45H29N3/c1-3-11-31(12-4-1)43-46-44(32-13-5-2-6-14-32)48-45(47-43)40-23-21-36-27-35(19-20-37(36)29-40)33-15-9-16-34(26-33)38-24-25-42-39(28-38)22-18-30-10-7-8-17-41(30)42/h1-29H. The van der Waals surface area contributed by atoms with E-state index in [1.54, 1.807) is 0 Å². The quantitative estimate of drug-likeness (QED) is 0.182. The van der Waals surface area contributed by atoms with Crippen LogP contribution in [0, 0.1) is 0 Å². The van der Waals surface area contributed by atoms with Gasteiger partial charge in [0.2, 0.25) is 0 Å². The van der Waals surface area contributed by atoms with Crippen LogP contribution in [-0.2, 0) is 0 Å². The van der Waals surface area contributed by atoms with Gasteiger partial charge in [0.15, 0.2) is 17.5 Å². The van der Waals surface area contributed by atoms with Gasteiger partial charge in [-0.15, -0.1) is 0 Å². The van der Waals surface area contributed by atoms with Crippen molar-refractivity contribution >= 4 is 32.3 Å². The number of nitrogens with zero attached hydrogens (tertiary/aromatic N) is 3. The van der Waals surface area contributed by atoms with Gasteiger partial charge in [0.05, 0.1) is 0 Å². The fourth-order valence-electron chi connectivity index (χ4n) is 6.57. The Morgan fingerprint density at radius 3 is 1.31 bits per heavy atom. The Morgan fingerprint density at radius 1 is 0.229 bits per heavy atom. The van der Waals surface area contributed by atoms with E-state index in [-0.39, 0.29) is 0 Å². The van der Waals surface area contributed by atoms with E-state index >= 15 is 0 Å². The minimum Gasteiger partial charge on any atom is -0.208 e. The SMILES string of the molecule is c1ccc(-c2nc(-c3ccccc3)nc(-c3ccc4cc(-c5cccc(-c6ccc7c(ccc8ccccc87)c6)c5)ccc4c3)n2)cc1. The van der Waals surface area contributed by atoms with Crippen molar-refractivity contribution in [2.75, 3.05) is 0 Å². The molecule has 0 fully saturated rings. The first-order valence-electron chi connectivity index (χ1n) is 16.2.